The molecule has 1 fully saturated rings. The number of rotatable bonds is 0. The topological polar surface area (TPSA) is 102 Å². The van der Waals surface area contributed by atoms with Crippen molar-refractivity contribution in [2.24, 2.45) is 0 Å². The third-order valence-electron chi connectivity index (χ3n) is 7.18. The quantitative estimate of drug-likeness (QED) is 0.547. The van der Waals surface area contributed by atoms with Crippen molar-refractivity contribution in [1.29, 1.82) is 0 Å². The first kappa shape index (κ1) is 21.7. The van der Waals surface area contributed by atoms with Crippen LogP contribution in [0.25, 0.3) is 11.0 Å². The largest absolute Gasteiger partial charge is 0.503 e. The minimum absolute atomic E-state index is 0.249. The number of nitrogens with one attached hydrogen (secondary N) is 1. The molecule has 3 aliphatic rings. The molecule has 6 bridgehead atoms. The van der Waals surface area contributed by atoms with Crippen molar-refractivity contribution < 1.29 is 9.90 Å². The van der Waals surface area contributed by atoms with E-state index in [9.17, 15) is 14.7 Å². The molecule has 0 unspecified atom stereocenters. The van der Waals surface area contributed by atoms with Crippen molar-refractivity contribution in [3.63, 3.8) is 0 Å². The van der Waals surface area contributed by atoms with Gasteiger partial charge in [0.15, 0.2) is 11.4 Å². The highest BCUT2D eigenvalue weighted by atomic mass is 16.3. The molecule has 174 valence electrons. The molecule has 0 atom stereocenters. The van der Waals surface area contributed by atoms with Gasteiger partial charge in [0.25, 0.3) is 11.3 Å². The summed E-state index contributed by atoms with van der Waals surface area (Å²) in [5, 5.41) is 18.6. The van der Waals surface area contributed by atoms with Crippen LogP contribution < -0.4 is 10.7 Å². The number of nitrogens with zero attached hydrogens (tertiary/aromatic N) is 4. The lowest BCUT2D eigenvalue weighted by Crippen LogP contribution is -2.38. The lowest BCUT2D eigenvalue weighted by atomic mass is 9.97. The highest BCUT2D eigenvalue weighted by molar-refractivity contribution is 5.92. The zero-order chi connectivity index (χ0) is 22.8. The maximum Gasteiger partial charge on any atom is 0.275 e. The SMILES string of the molecule is O=C1NCCCCCCCc2cnc3c(ccn3C3(CCCC3)Cn3cc(O)c(=O)c1n3)c2. The summed E-state index contributed by atoms with van der Waals surface area (Å²) in [5.41, 5.74) is 0.961. The van der Waals surface area contributed by atoms with Crippen molar-refractivity contribution in [3.8, 4) is 5.75 Å². The molecule has 1 spiro atoms. The Hall–Kier alpha value is -3.16. The number of aryl methyl sites for hydroxylation is 1. The van der Waals surface area contributed by atoms with Gasteiger partial charge in [0, 0.05) is 24.3 Å². The van der Waals surface area contributed by atoms with Crippen LogP contribution >= 0.6 is 0 Å². The molecule has 1 aliphatic carbocycles. The lowest BCUT2D eigenvalue weighted by Gasteiger charge is -2.32. The number of aromatic nitrogens is 4. The number of fused-ring (bicyclic) bond motifs is 9. The second kappa shape index (κ2) is 9.00. The van der Waals surface area contributed by atoms with Gasteiger partial charge in [-0.25, -0.2) is 4.98 Å². The van der Waals surface area contributed by atoms with Gasteiger partial charge in [-0.05, 0) is 49.8 Å². The molecule has 8 nitrogen and oxygen atoms in total. The number of pyridine rings is 1. The first-order valence-corrected chi connectivity index (χ1v) is 12.1. The molecule has 3 aromatic rings. The van der Waals surface area contributed by atoms with Crippen LogP contribution in [0.1, 0.15) is 73.8 Å². The van der Waals surface area contributed by atoms with E-state index in [4.69, 9.17) is 4.98 Å². The molecule has 0 radical (unpaired) electrons. The van der Waals surface area contributed by atoms with E-state index in [1.54, 1.807) is 4.68 Å². The first-order valence-electron chi connectivity index (χ1n) is 12.1. The van der Waals surface area contributed by atoms with E-state index in [0.29, 0.717) is 13.1 Å². The molecule has 8 heteroatoms. The third kappa shape index (κ3) is 4.26. The van der Waals surface area contributed by atoms with Crippen LogP contribution in [-0.2, 0) is 18.5 Å². The number of aromatic hydroxyl groups is 1. The molecule has 2 aliphatic heterocycles. The van der Waals surface area contributed by atoms with Crippen LogP contribution in [0.5, 0.6) is 5.75 Å². The number of hydrogen-bond donors (Lipinski definition) is 2. The predicted molar refractivity (Wildman–Crippen MR) is 125 cm³/mol. The van der Waals surface area contributed by atoms with E-state index in [0.717, 1.165) is 75.2 Å². The van der Waals surface area contributed by atoms with Crippen LogP contribution in [0.2, 0.25) is 0 Å². The molecule has 0 aromatic carbocycles. The molecule has 33 heavy (non-hydrogen) atoms. The summed E-state index contributed by atoms with van der Waals surface area (Å²) < 4.78 is 3.80. The molecular weight excluding hydrogens is 418 g/mol. The third-order valence-corrected chi connectivity index (χ3v) is 7.18. The average molecular weight is 450 g/mol. The maximum absolute atomic E-state index is 12.7. The van der Waals surface area contributed by atoms with E-state index in [1.807, 2.05) is 6.20 Å². The summed E-state index contributed by atoms with van der Waals surface area (Å²) in [6, 6.07) is 4.37. The summed E-state index contributed by atoms with van der Waals surface area (Å²) in [6.45, 7) is 0.945. The van der Waals surface area contributed by atoms with Crippen LogP contribution in [-0.4, -0.2) is 36.9 Å². The average Bonchev–Trinajstić information content (AvgIpc) is 3.44. The summed E-state index contributed by atoms with van der Waals surface area (Å²) in [6.07, 6.45) is 15.7. The predicted octanol–water partition coefficient (Wildman–Crippen LogP) is 3.50. The van der Waals surface area contributed by atoms with Crippen LogP contribution in [0.3, 0.4) is 0 Å². The molecule has 3 aromatic heterocycles. The van der Waals surface area contributed by atoms with Gasteiger partial charge in [0.05, 0.1) is 18.3 Å². The van der Waals surface area contributed by atoms with Gasteiger partial charge >= 0.3 is 0 Å². The van der Waals surface area contributed by atoms with Crippen LogP contribution in [0.15, 0.2) is 35.5 Å². The fourth-order valence-corrected chi connectivity index (χ4v) is 5.42. The zero-order valence-corrected chi connectivity index (χ0v) is 18.9. The van der Waals surface area contributed by atoms with Crippen LogP contribution in [0, 0.1) is 0 Å². The highest BCUT2D eigenvalue weighted by Gasteiger charge is 2.37. The summed E-state index contributed by atoms with van der Waals surface area (Å²) >= 11 is 0. The normalized spacial score (nSPS) is 19.5. The molecule has 5 heterocycles. The van der Waals surface area contributed by atoms with Crippen molar-refractivity contribution in [1.82, 2.24) is 24.6 Å². The number of amides is 1. The molecule has 1 saturated carbocycles. The van der Waals surface area contributed by atoms with Gasteiger partial charge in [0.2, 0.25) is 0 Å². The van der Waals surface area contributed by atoms with Gasteiger partial charge in [-0.3, -0.25) is 14.3 Å². The zero-order valence-electron chi connectivity index (χ0n) is 18.9. The molecule has 2 N–H and O–H groups in total. The summed E-state index contributed by atoms with van der Waals surface area (Å²) in [5.74, 6) is -0.974. The Morgan fingerprint density at radius 2 is 1.82 bits per heavy atom. The minimum atomic E-state index is -0.726. The van der Waals surface area contributed by atoms with Crippen LogP contribution in [0.4, 0.5) is 0 Å². The standard InChI is InChI=1S/C25H31N5O3/c31-20-16-29-17-25(10-5-6-11-25)30-13-9-19-14-18(15-27-23(19)30)8-4-2-1-3-7-12-26-24(33)21(28-29)22(20)32/h9,13-16,31H,1-8,10-12,17H2,(H,26,33). The second-order valence-electron chi connectivity index (χ2n) is 9.54. The number of carbonyl (C=O) groups excluding carboxylic acids is 1. The number of carbonyl (C=O) groups is 1. The van der Waals surface area contributed by atoms with Gasteiger partial charge < -0.3 is 15.0 Å². The van der Waals surface area contributed by atoms with E-state index in [-0.39, 0.29) is 11.2 Å². The number of hydrogen-bond acceptors (Lipinski definition) is 5. The molecular formula is C25H31N5O3. The molecule has 1 amide bonds. The van der Waals surface area contributed by atoms with E-state index in [2.05, 4.69) is 33.3 Å². The van der Waals surface area contributed by atoms with Crippen molar-refractivity contribution in [2.75, 3.05) is 6.54 Å². The lowest BCUT2D eigenvalue weighted by molar-refractivity contribution is 0.0942. The van der Waals surface area contributed by atoms with Gasteiger partial charge in [-0.2, -0.15) is 5.10 Å². The van der Waals surface area contributed by atoms with Crippen molar-refractivity contribution in [3.05, 3.63) is 52.2 Å². The Labute approximate surface area is 192 Å². The van der Waals surface area contributed by atoms with Gasteiger partial charge in [0.1, 0.15) is 5.65 Å². The van der Waals surface area contributed by atoms with Crippen molar-refractivity contribution >= 4 is 16.9 Å². The highest BCUT2D eigenvalue weighted by Crippen LogP contribution is 2.40. The van der Waals surface area contributed by atoms with E-state index >= 15 is 0 Å². The smallest absolute Gasteiger partial charge is 0.275 e. The fourth-order valence-electron chi connectivity index (χ4n) is 5.42. The Morgan fingerprint density at radius 1 is 1.03 bits per heavy atom. The fraction of sp³-hybridized carbons (Fsp3) is 0.520. The second-order valence-corrected chi connectivity index (χ2v) is 9.54. The van der Waals surface area contributed by atoms with Crippen molar-refractivity contribution in [2.45, 2.75) is 76.3 Å². The molecule has 6 rings (SSSR count). The monoisotopic (exact) mass is 449 g/mol. The first-order chi connectivity index (χ1) is 16.1. The van der Waals surface area contributed by atoms with Gasteiger partial charge in [-0.1, -0.05) is 32.1 Å². The van der Waals surface area contributed by atoms with E-state index in [1.165, 1.54) is 11.8 Å². The Kier molecular flexibility index (Phi) is 5.91. The van der Waals surface area contributed by atoms with Gasteiger partial charge in [-0.15, -0.1) is 0 Å². The Bertz CT molecular complexity index is 1220. The minimum Gasteiger partial charge on any atom is -0.503 e. The Morgan fingerprint density at radius 3 is 2.67 bits per heavy atom. The molecule has 0 saturated heterocycles. The maximum atomic E-state index is 12.7. The summed E-state index contributed by atoms with van der Waals surface area (Å²) in [4.78, 5) is 30.0. The summed E-state index contributed by atoms with van der Waals surface area (Å²) in [7, 11) is 0. The van der Waals surface area contributed by atoms with E-state index < -0.39 is 17.1 Å². The Balaban J connectivity index is 1.58.